The second kappa shape index (κ2) is 11.9. The number of hydrogen-bond acceptors (Lipinski definition) is 7. The largest absolute Gasteiger partial charge is 0.389 e. The van der Waals surface area contributed by atoms with Crippen LogP contribution in [0.3, 0.4) is 0 Å². The molecule has 1 aliphatic heterocycles. The minimum atomic E-state index is -0.484. The number of β-amino-alcohol motifs (C(OH)–C–C–N with tert-alkyl or cyclic N) is 1. The number of ether oxygens (including phenoxy) is 1. The van der Waals surface area contributed by atoms with Crippen molar-refractivity contribution >= 4 is 16.8 Å². The standard InChI is InChI=1S/C28H37N5O3/c1-28(2,3)36-20-22(34)19-33-15-13-32(14-16-33)12-11-30-27(35)24-17-26(21-7-6-10-29-18-21)31-25-9-5-4-8-23(24)25/h4-10,17-18,22,34H,11-16,19-20H2,1-3H3,(H,30,35)/t22-/m0/s1. The molecule has 0 bridgehead atoms. The number of para-hydroxylation sites is 1. The molecule has 2 aromatic heterocycles. The van der Waals surface area contributed by atoms with E-state index in [-0.39, 0.29) is 11.5 Å². The summed E-state index contributed by atoms with van der Waals surface area (Å²) in [6.45, 7) is 11.9. The zero-order valence-corrected chi connectivity index (χ0v) is 21.5. The first-order valence-electron chi connectivity index (χ1n) is 12.6. The smallest absolute Gasteiger partial charge is 0.252 e. The maximum atomic E-state index is 13.2. The third-order valence-corrected chi connectivity index (χ3v) is 6.27. The van der Waals surface area contributed by atoms with Crippen LogP contribution in [0.4, 0.5) is 0 Å². The van der Waals surface area contributed by atoms with Gasteiger partial charge >= 0.3 is 0 Å². The zero-order valence-electron chi connectivity index (χ0n) is 21.5. The number of aromatic nitrogens is 2. The van der Waals surface area contributed by atoms with Crippen LogP contribution in [0.2, 0.25) is 0 Å². The molecule has 3 heterocycles. The molecule has 1 aliphatic rings. The van der Waals surface area contributed by atoms with Crippen LogP contribution in [-0.4, -0.2) is 94.9 Å². The Labute approximate surface area is 213 Å². The lowest BCUT2D eigenvalue weighted by Crippen LogP contribution is -2.50. The number of carbonyl (C=O) groups is 1. The number of rotatable bonds is 9. The fourth-order valence-corrected chi connectivity index (χ4v) is 4.34. The molecule has 1 aromatic carbocycles. The van der Waals surface area contributed by atoms with Gasteiger partial charge in [0.05, 0.1) is 35.1 Å². The van der Waals surface area contributed by atoms with Gasteiger partial charge in [-0.05, 0) is 45.0 Å². The Morgan fingerprint density at radius 2 is 1.86 bits per heavy atom. The summed E-state index contributed by atoms with van der Waals surface area (Å²) in [5, 5.41) is 14.2. The van der Waals surface area contributed by atoms with Crippen molar-refractivity contribution in [2.24, 2.45) is 0 Å². The second-order valence-corrected chi connectivity index (χ2v) is 10.3. The van der Waals surface area contributed by atoms with Crippen molar-refractivity contribution in [2.75, 3.05) is 52.4 Å². The minimum Gasteiger partial charge on any atom is -0.389 e. The van der Waals surface area contributed by atoms with E-state index < -0.39 is 6.10 Å². The molecule has 0 radical (unpaired) electrons. The van der Waals surface area contributed by atoms with Gasteiger partial charge < -0.3 is 15.2 Å². The predicted octanol–water partition coefficient (Wildman–Crippen LogP) is 2.82. The lowest BCUT2D eigenvalue weighted by atomic mass is 10.0. The highest BCUT2D eigenvalue weighted by molar-refractivity contribution is 6.07. The number of pyridine rings is 2. The van der Waals surface area contributed by atoms with Gasteiger partial charge in [-0.2, -0.15) is 0 Å². The SMILES string of the molecule is CC(C)(C)OC[C@@H](O)CN1CCN(CCNC(=O)c2cc(-c3cccnc3)nc3ccccc23)CC1. The van der Waals surface area contributed by atoms with Crippen molar-refractivity contribution in [2.45, 2.75) is 32.5 Å². The van der Waals surface area contributed by atoms with Crippen LogP contribution in [0, 0.1) is 0 Å². The first kappa shape index (κ1) is 26.2. The second-order valence-electron chi connectivity index (χ2n) is 10.3. The normalized spacial score (nSPS) is 16.2. The first-order chi connectivity index (χ1) is 17.3. The number of amides is 1. The fraction of sp³-hybridized carbons (Fsp3) is 0.464. The number of hydrogen-bond donors (Lipinski definition) is 2. The molecule has 1 amide bonds. The summed E-state index contributed by atoms with van der Waals surface area (Å²) in [5.74, 6) is -0.0978. The number of piperazine rings is 1. The van der Waals surface area contributed by atoms with E-state index in [1.165, 1.54) is 0 Å². The van der Waals surface area contributed by atoms with E-state index in [4.69, 9.17) is 9.72 Å². The van der Waals surface area contributed by atoms with Crippen LogP contribution in [0.5, 0.6) is 0 Å². The molecule has 0 unspecified atom stereocenters. The highest BCUT2D eigenvalue weighted by atomic mass is 16.5. The minimum absolute atomic E-state index is 0.0978. The molecule has 1 atom stereocenters. The van der Waals surface area contributed by atoms with E-state index in [2.05, 4.69) is 20.1 Å². The molecule has 4 rings (SSSR count). The molecule has 1 saturated heterocycles. The zero-order chi connectivity index (χ0) is 25.5. The third kappa shape index (κ3) is 7.30. The van der Waals surface area contributed by atoms with E-state index in [1.54, 1.807) is 12.4 Å². The Morgan fingerprint density at radius 3 is 2.58 bits per heavy atom. The van der Waals surface area contributed by atoms with Gasteiger partial charge in [-0.15, -0.1) is 0 Å². The van der Waals surface area contributed by atoms with Gasteiger partial charge in [0.1, 0.15) is 0 Å². The van der Waals surface area contributed by atoms with Crippen molar-refractivity contribution in [3.8, 4) is 11.3 Å². The molecule has 1 fully saturated rings. The molecule has 8 nitrogen and oxygen atoms in total. The highest BCUT2D eigenvalue weighted by Gasteiger charge is 2.21. The Hall–Kier alpha value is -2.91. The van der Waals surface area contributed by atoms with Crippen molar-refractivity contribution < 1.29 is 14.6 Å². The number of nitrogens with zero attached hydrogens (tertiary/aromatic N) is 4. The van der Waals surface area contributed by atoms with Crippen LogP contribution in [0.25, 0.3) is 22.2 Å². The number of aliphatic hydroxyl groups is 1. The lowest BCUT2D eigenvalue weighted by molar-refractivity contribution is -0.0585. The van der Waals surface area contributed by atoms with Gasteiger partial charge in [-0.25, -0.2) is 4.98 Å². The Balaban J connectivity index is 1.28. The number of aliphatic hydroxyl groups excluding tert-OH is 1. The Morgan fingerprint density at radius 1 is 1.11 bits per heavy atom. The summed E-state index contributed by atoms with van der Waals surface area (Å²) in [4.78, 5) is 26.7. The Kier molecular flexibility index (Phi) is 8.64. The van der Waals surface area contributed by atoms with Crippen LogP contribution >= 0.6 is 0 Å². The lowest BCUT2D eigenvalue weighted by Gasteiger charge is -2.35. The molecule has 0 spiro atoms. The number of benzene rings is 1. The molecule has 192 valence electrons. The predicted molar refractivity (Wildman–Crippen MR) is 142 cm³/mol. The average molecular weight is 492 g/mol. The summed E-state index contributed by atoms with van der Waals surface area (Å²) in [5.41, 5.74) is 2.78. The van der Waals surface area contributed by atoms with E-state index in [0.717, 1.165) is 54.9 Å². The monoisotopic (exact) mass is 491 g/mol. The molecule has 0 aliphatic carbocycles. The molecule has 3 aromatic rings. The van der Waals surface area contributed by atoms with Crippen LogP contribution in [-0.2, 0) is 4.74 Å². The molecular weight excluding hydrogens is 454 g/mol. The molecule has 36 heavy (non-hydrogen) atoms. The van der Waals surface area contributed by atoms with Crippen LogP contribution in [0.1, 0.15) is 31.1 Å². The van der Waals surface area contributed by atoms with Gasteiger partial charge in [0.2, 0.25) is 0 Å². The number of nitrogens with one attached hydrogen (secondary N) is 1. The van der Waals surface area contributed by atoms with Gasteiger partial charge in [0.15, 0.2) is 0 Å². The van der Waals surface area contributed by atoms with Crippen molar-refractivity contribution in [3.63, 3.8) is 0 Å². The van der Waals surface area contributed by atoms with E-state index in [0.29, 0.717) is 25.3 Å². The summed E-state index contributed by atoms with van der Waals surface area (Å²) < 4.78 is 5.69. The quantitative estimate of drug-likeness (QED) is 0.476. The highest BCUT2D eigenvalue weighted by Crippen LogP contribution is 2.24. The first-order valence-corrected chi connectivity index (χ1v) is 12.6. The molecule has 8 heteroatoms. The van der Waals surface area contributed by atoms with Crippen molar-refractivity contribution in [3.05, 3.63) is 60.4 Å². The fourth-order valence-electron chi connectivity index (χ4n) is 4.34. The van der Waals surface area contributed by atoms with Gasteiger partial charge in [0.25, 0.3) is 5.91 Å². The number of fused-ring (bicyclic) bond motifs is 1. The summed E-state index contributed by atoms with van der Waals surface area (Å²) in [6.07, 6.45) is 3.00. The molecular formula is C28H37N5O3. The Bertz CT molecular complexity index is 1140. The summed E-state index contributed by atoms with van der Waals surface area (Å²) in [6, 6.07) is 13.4. The van der Waals surface area contributed by atoms with Crippen molar-refractivity contribution in [1.82, 2.24) is 25.1 Å². The molecule has 0 saturated carbocycles. The van der Waals surface area contributed by atoms with Gasteiger partial charge in [-0.1, -0.05) is 18.2 Å². The van der Waals surface area contributed by atoms with Crippen molar-refractivity contribution in [1.29, 1.82) is 0 Å². The van der Waals surface area contributed by atoms with Gasteiger partial charge in [-0.3, -0.25) is 19.6 Å². The van der Waals surface area contributed by atoms with Crippen LogP contribution < -0.4 is 5.32 Å². The van der Waals surface area contributed by atoms with Crippen LogP contribution in [0.15, 0.2) is 54.9 Å². The van der Waals surface area contributed by atoms with E-state index >= 15 is 0 Å². The third-order valence-electron chi connectivity index (χ3n) is 6.27. The average Bonchev–Trinajstić information content (AvgIpc) is 2.88. The number of carbonyl (C=O) groups excluding carboxylic acids is 1. The maximum Gasteiger partial charge on any atom is 0.252 e. The maximum absolute atomic E-state index is 13.2. The summed E-state index contributed by atoms with van der Waals surface area (Å²) in [7, 11) is 0. The van der Waals surface area contributed by atoms with Gasteiger partial charge in [0, 0.05) is 69.2 Å². The topological polar surface area (TPSA) is 90.8 Å². The summed E-state index contributed by atoms with van der Waals surface area (Å²) >= 11 is 0. The van der Waals surface area contributed by atoms with E-state index in [9.17, 15) is 9.90 Å². The van der Waals surface area contributed by atoms with E-state index in [1.807, 2.05) is 63.2 Å². The molecule has 2 N–H and O–H groups in total.